The molecular formula is C15H29NO6. The Balaban J connectivity index is 2.00. The molecule has 2 aliphatic rings. The Morgan fingerprint density at radius 1 is 1.00 bits per heavy atom. The van der Waals surface area contributed by atoms with E-state index in [0.29, 0.717) is 12.8 Å². The monoisotopic (exact) mass is 319 g/mol. The van der Waals surface area contributed by atoms with Crippen molar-refractivity contribution < 1.29 is 28.8 Å². The third kappa shape index (κ3) is 3.97. The van der Waals surface area contributed by atoms with E-state index in [4.69, 9.17) is 23.7 Å². The number of likely N-dealkylation sites (N-methyl/N-ethyl adjacent to an activating group) is 1. The van der Waals surface area contributed by atoms with Gasteiger partial charge >= 0.3 is 0 Å². The molecule has 2 saturated heterocycles. The van der Waals surface area contributed by atoms with Crippen LogP contribution in [0.15, 0.2) is 0 Å². The van der Waals surface area contributed by atoms with E-state index in [1.54, 1.807) is 14.2 Å². The van der Waals surface area contributed by atoms with E-state index in [1.807, 2.05) is 20.9 Å². The van der Waals surface area contributed by atoms with Gasteiger partial charge in [-0.2, -0.15) is 0 Å². The molecule has 2 fully saturated rings. The average Bonchev–Trinajstić information content (AvgIpc) is 2.48. The molecule has 0 aliphatic carbocycles. The minimum atomic E-state index is -0.814. The predicted octanol–water partition coefficient (Wildman–Crippen LogP) is 0.252. The van der Waals surface area contributed by atoms with E-state index in [0.717, 1.165) is 0 Å². The van der Waals surface area contributed by atoms with Gasteiger partial charge in [0, 0.05) is 27.1 Å². The summed E-state index contributed by atoms with van der Waals surface area (Å²) >= 11 is 0. The first-order chi connectivity index (χ1) is 10.5. The van der Waals surface area contributed by atoms with Crippen LogP contribution in [0.5, 0.6) is 0 Å². The normalized spacial score (nSPS) is 46.6. The molecule has 0 spiro atoms. The van der Waals surface area contributed by atoms with Crippen LogP contribution in [0.2, 0.25) is 0 Å². The molecule has 1 unspecified atom stereocenters. The molecule has 8 atom stereocenters. The quantitative estimate of drug-likeness (QED) is 0.752. The molecule has 0 aromatic carbocycles. The van der Waals surface area contributed by atoms with Gasteiger partial charge in [-0.1, -0.05) is 0 Å². The maximum atomic E-state index is 9.68. The number of aliphatic hydroxyl groups excluding tert-OH is 1. The van der Waals surface area contributed by atoms with Gasteiger partial charge in [0.2, 0.25) is 0 Å². The number of ether oxygens (including phenoxy) is 5. The summed E-state index contributed by atoms with van der Waals surface area (Å²) in [7, 11) is 5.22. The molecule has 2 heterocycles. The smallest absolute Gasteiger partial charge is 0.161 e. The van der Waals surface area contributed by atoms with E-state index in [2.05, 4.69) is 5.32 Å². The highest BCUT2D eigenvalue weighted by molar-refractivity contribution is 4.89. The second kappa shape index (κ2) is 8.01. The predicted molar refractivity (Wildman–Crippen MR) is 79.4 cm³/mol. The molecule has 0 radical (unpaired) electrons. The van der Waals surface area contributed by atoms with Crippen molar-refractivity contribution in [1.82, 2.24) is 5.32 Å². The summed E-state index contributed by atoms with van der Waals surface area (Å²) in [6.45, 7) is 3.87. The van der Waals surface area contributed by atoms with Crippen LogP contribution in [-0.2, 0) is 23.7 Å². The van der Waals surface area contributed by atoms with Crippen molar-refractivity contribution in [3.63, 3.8) is 0 Å². The summed E-state index contributed by atoms with van der Waals surface area (Å²) in [4.78, 5) is 0. The minimum Gasteiger partial charge on any atom is -0.380 e. The van der Waals surface area contributed by atoms with E-state index < -0.39 is 6.29 Å². The largest absolute Gasteiger partial charge is 0.380 e. The fourth-order valence-corrected chi connectivity index (χ4v) is 3.39. The van der Waals surface area contributed by atoms with Crippen LogP contribution in [0, 0.1) is 0 Å². The van der Waals surface area contributed by atoms with Crippen molar-refractivity contribution in [3.8, 4) is 0 Å². The second-order valence-electron chi connectivity index (χ2n) is 6.00. The molecule has 0 bridgehead atoms. The van der Waals surface area contributed by atoms with Gasteiger partial charge in [0.25, 0.3) is 0 Å². The number of hydrogen-bond acceptors (Lipinski definition) is 7. The lowest BCUT2D eigenvalue weighted by molar-refractivity contribution is -0.301. The molecule has 22 heavy (non-hydrogen) atoms. The lowest BCUT2D eigenvalue weighted by Gasteiger charge is -2.44. The van der Waals surface area contributed by atoms with Crippen molar-refractivity contribution in [2.45, 2.75) is 75.8 Å². The third-order valence-corrected chi connectivity index (χ3v) is 4.58. The fraction of sp³-hybridized carbons (Fsp3) is 1.00. The molecule has 7 heteroatoms. The summed E-state index contributed by atoms with van der Waals surface area (Å²) in [5.74, 6) is 0. The Morgan fingerprint density at radius 2 is 1.68 bits per heavy atom. The summed E-state index contributed by atoms with van der Waals surface area (Å²) in [6, 6.07) is 0.130. The summed E-state index contributed by atoms with van der Waals surface area (Å²) in [6.07, 6.45) is -0.953. The standard InChI is InChI=1S/C15H29NO6/c1-8-14(16-3)10(18-4)7-13(21-8)22-15-9(2)20-12(17)6-11(15)19-5/h8-17H,6-7H2,1-5H3/t8-,9-,10-,11-,12?,13-,14-,15-/m0/s1. The van der Waals surface area contributed by atoms with Gasteiger partial charge in [0.15, 0.2) is 12.6 Å². The molecule has 2 aliphatic heterocycles. The van der Waals surface area contributed by atoms with E-state index in [9.17, 15) is 5.11 Å². The van der Waals surface area contributed by atoms with Crippen molar-refractivity contribution in [3.05, 3.63) is 0 Å². The van der Waals surface area contributed by atoms with Gasteiger partial charge in [0.05, 0.1) is 30.5 Å². The second-order valence-corrected chi connectivity index (χ2v) is 6.00. The first-order valence-corrected chi connectivity index (χ1v) is 7.87. The maximum Gasteiger partial charge on any atom is 0.161 e. The van der Waals surface area contributed by atoms with Crippen molar-refractivity contribution >= 4 is 0 Å². The van der Waals surface area contributed by atoms with Crippen LogP contribution < -0.4 is 5.32 Å². The summed E-state index contributed by atoms with van der Waals surface area (Å²) in [5.41, 5.74) is 0. The van der Waals surface area contributed by atoms with Gasteiger partial charge in [-0.05, 0) is 20.9 Å². The van der Waals surface area contributed by atoms with Gasteiger partial charge in [-0.25, -0.2) is 0 Å². The highest BCUT2D eigenvalue weighted by Gasteiger charge is 2.42. The molecule has 0 aromatic heterocycles. The van der Waals surface area contributed by atoms with E-state index in [-0.39, 0.29) is 42.9 Å². The number of nitrogens with one attached hydrogen (secondary N) is 1. The van der Waals surface area contributed by atoms with Crippen LogP contribution in [0.3, 0.4) is 0 Å². The highest BCUT2D eigenvalue weighted by atomic mass is 16.7. The first-order valence-electron chi connectivity index (χ1n) is 7.87. The molecule has 2 N–H and O–H groups in total. The lowest BCUT2D eigenvalue weighted by atomic mass is 9.98. The Labute approximate surface area is 132 Å². The zero-order valence-corrected chi connectivity index (χ0v) is 14.0. The molecule has 2 rings (SSSR count). The van der Waals surface area contributed by atoms with Crippen LogP contribution in [0.25, 0.3) is 0 Å². The lowest BCUT2D eigenvalue weighted by Crippen LogP contribution is -2.57. The van der Waals surface area contributed by atoms with Gasteiger partial charge in [0.1, 0.15) is 6.10 Å². The Hall–Kier alpha value is -0.280. The van der Waals surface area contributed by atoms with Crippen LogP contribution >= 0.6 is 0 Å². The number of methoxy groups -OCH3 is 2. The van der Waals surface area contributed by atoms with Crippen molar-refractivity contribution in [1.29, 1.82) is 0 Å². The maximum absolute atomic E-state index is 9.68. The molecule has 130 valence electrons. The zero-order chi connectivity index (χ0) is 16.3. The molecule has 0 saturated carbocycles. The van der Waals surface area contributed by atoms with Crippen LogP contribution in [-0.4, -0.2) is 75.5 Å². The average molecular weight is 319 g/mol. The Bertz CT molecular complexity index is 344. The molecular weight excluding hydrogens is 290 g/mol. The highest BCUT2D eigenvalue weighted by Crippen LogP contribution is 2.29. The number of rotatable bonds is 5. The van der Waals surface area contributed by atoms with Gasteiger partial charge in [-0.15, -0.1) is 0 Å². The topological polar surface area (TPSA) is 78.4 Å². The van der Waals surface area contributed by atoms with Gasteiger partial charge < -0.3 is 34.1 Å². The number of aliphatic hydroxyl groups is 1. The Morgan fingerprint density at radius 3 is 2.27 bits per heavy atom. The number of hydrogen-bond donors (Lipinski definition) is 2. The fourth-order valence-electron chi connectivity index (χ4n) is 3.39. The summed E-state index contributed by atoms with van der Waals surface area (Å²) < 4.78 is 28.5. The van der Waals surface area contributed by atoms with Gasteiger partial charge in [-0.3, -0.25) is 0 Å². The first kappa shape index (κ1) is 18.1. The Kier molecular flexibility index (Phi) is 6.58. The molecule has 7 nitrogen and oxygen atoms in total. The molecule has 0 amide bonds. The molecule has 0 aromatic rings. The van der Waals surface area contributed by atoms with Crippen LogP contribution in [0.1, 0.15) is 26.7 Å². The minimum absolute atomic E-state index is 0.0187. The summed E-state index contributed by atoms with van der Waals surface area (Å²) in [5, 5.41) is 12.9. The van der Waals surface area contributed by atoms with Crippen molar-refractivity contribution in [2.75, 3.05) is 21.3 Å². The SMILES string of the molecule is CN[C@H]1[C@H](C)O[C@@H](O[C@H]2[C@H](C)OC(O)C[C@@H]2OC)C[C@@H]1OC. The van der Waals surface area contributed by atoms with Crippen molar-refractivity contribution in [2.24, 2.45) is 0 Å². The van der Waals surface area contributed by atoms with E-state index in [1.165, 1.54) is 0 Å². The van der Waals surface area contributed by atoms with E-state index >= 15 is 0 Å². The zero-order valence-electron chi connectivity index (χ0n) is 14.0. The van der Waals surface area contributed by atoms with Crippen LogP contribution in [0.4, 0.5) is 0 Å². The third-order valence-electron chi connectivity index (χ3n) is 4.58.